The lowest BCUT2D eigenvalue weighted by molar-refractivity contribution is -0.154. The Kier molecular flexibility index (Phi) is 6.20. The highest BCUT2D eigenvalue weighted by molar-refractivity contribution is 5.78. The lowest BCUT2D eigenvalue weighted by atomic mass is 9.83. The normalized spacial score (nSPS) is 19.1. The van der Waals surface area contributed by atoms with Crippen molar-refractivity contribution < 1.29 is 23.5 Å². The molecule has 0 spiro atoms. The quantitative estimate of drug-likeness (QED) is 0.674. The zero-order valence-electron chi connectivity index (χ0n) is 16.9. The molecular formula is C23H26FNO4. The van der Waals surface area contributed by atoms with Crippen molar-refractivity contribution in [1.82, 2.24) is 4.90 Å². The molecule has 0 radical (unpaired) electrons. The van der Waals surface area contributed by atoms with Gasteiger partial charge in [0.2, 0.25) is 0 Å². The van der Waals surface area contributed by atoms with Crippen LogP contribution in [0.2, 0.25) is 0 Å². The number of amides is 1. The van der Waals surface area contributed by atoms with Crippen LogP contribution in [0.4, 0.5) is 9.18 Å². The maximum atomic E-state index is 13.8. The van der Waals surface area contributed by atoms with Gasteiger partial charge in [0.1, 0.15) is 12.4 Å². The van der Waals surface area contributed by atoms with E-state index in [9.17, 15) is 14.0 Å². The average Bonchev–Trinajstić information content (AvgIpc) is 3.18. The fourth-order valence-electron chi connectivity index (χ4n) is 4.01. The van der Waals surface area contributed by atoms with Gasteiger partial charge in [-0.3, -0.25) is 9.69 Å². The van der Waals surface area contributed by atoms with Crippen molar-refractivity contribution >= 4 is 12.1 Å². The lowest BCUT2D eigenvalue weighted by Gasteiger charge is -2.37. The summed E-state index contributed by atoms with van der Waals surface area (Å²) in [6.45, 7) is 3.64. The predicted octanol–water partition coefficient (Wildman–Crippen LogP) is 4.87. The molecule has 29 heavy (non-hydrogen) atoms. The molecule has 2 atom stereocenters. The van der Waals surface area contributed by atoms with Gasteiger partial charge in [-0.05, 0) is 49.9 Å². The molecule has 1 heterocycles. The molecular weight excluding hydrogens is 373 g/mol. The fourth-order valence-corrected chi connectivity index (χ4v) is 4.01. The maximum absolute atomic E-state index is 13.8. The summed E-state index contributed by atoms with van der Waals surface area (Å²) >= 11 is 0. The zero-order chi connectivity index (χ0) is 21.0. The Labute approximate surface area is 170 Å². The highest BCUT2D eigenvalue weighted by Crippen LogP contribution is 2.44. The fraction of sp³-hybridized carbons (Fsp3) is 0.391. The van der Waals surface area contributed by atoms with Crippen LogP contribution >= 0.6 is 0 Å². The summed E-state index contributed by atoms with van der Waals surface area (Å²) in [5.74, 6) is -0.765. The Balaban J connectivity index is 1.89. The minimum atomic E-state index is -0.928. The van der Waals surface area contributed by atoms with Crippen LogP contribution < -0.4 is 0 Å². The Bertz CT molecular complexity index is 868. The highest BCUT2D eigenvalue weighted by Gasteiger charge is 2.50. The molecule has 6 heteroatoms. The van der Waals surface area contributed by atoms with Gasteiger partial charge < -0.3 is 9.47 Å². The van der Waals surface area contributed by atoms with Crippen LogP contribution in [-0.4, -0.2) is 30.1 Å². The zero-order valence-corrected chi connectivity index (χ0v) is 16.9. The third kappa shape index (κ3) is 4.42. The topological polar surface area (TPSA) is 55.8 Å². The van der Waals surface area contributed by atoms with Gasteiger partial charge in [-0.1, -0.05) is 42.5 Å². The van der Waals surface area contributed by atoms with Crippen molar-refractivity contribution in [2.24, 2.45) is 5.41 Å². The van der Waals surface area contributed by atoms with Gasteiger partial charge in [0, 0.05) is 0 Å². The summed E-state index contributed by atoms with van der Waals surface area (Å²) in [5.41, 5.74) is 0.624. The molecule has 1 saturated heterocycles. The Morgan fingerprint density at radius 2 is 1.83 bits per heavy atom. The van der Waals surface area contributed by atoms with Gasteiger partial charge >= 0.3 is 12.1 Å². The van der Waals surface area contributed by atoms with Gasteiger partial charge in [0.15, 0.2) is 0 Å². The molecule has 154 valence electrons. The van der Waals surface area contributed by atoms with E-state index in [2.05, 4.69) is 0 Å². The number of carbonyl (C=O) groups excluding carboxylic acids is 2. The van der Waals surface area contributed by atoms with E-state index in [4.69, 9.17) is 9.47 Å². The van der Waals surface area contributed by atoms with Crippen molar-refractivity contribution in [2.75, 3.05) is 7.11 Å². The average molecular weight is 399 g/mol. The minimum Gasteiger partial charge on any atom is -0.469 e. The van der Waals surface area contributed by atoms with E-state index in [1.165, 1.54) is 19.2 Å². The van der Waals surface area contributed by atoms with E-state index < -0.39 is 23.5 Å². The van der Waals surface area contributed by atoms with Gasteiger partial charge in [-0.15, -0.1) is 0 Å². The Morgan fingerprint density at radius 1 is 1.10 bits per heavy atom. The van der Waals surface area contributed by atoms with E-state index in [0.29, 0.717) is 18.4 Å². The second kappa shape index (κ2) is 8.64. The predicted molar refractivity (Wildman–Crippen MR) is 106 cm³/mol. The number of halogens is 1. The second-order valence-electron chi connectivity index (χ2n) is 7.82. The first-order valence-corrected chi connectivity index (χ1v) is 9.67. The lowest BCUT2D eigenvalue weighted by Crippen LogP contribution is -2.49. The molecule has 0 bridgehead atoms. The molecule has 0 unspecified atom stereocenters. The summed E-state index contributed by atoms with van der Waals surface area (Å²) in [6.07, 6.45) is 0.668. The summed E-state index contributed by atoms with van der Waals surface area (Å²) in [4.78, 5) is 27.1. The first-order valence-electron chi connectivity index (χ1n) is 9.67. The summed E-state index contributed by atoms with van der Waals surface area (Å²) in [7, 11) is 1.33. The first-order chi connectivity index (χ1) is 13.8. The number of methoxy groups -OCH3 is 1. The summed E-state index contributed by atoms with van der Waals surface area (Å²) in [6, 6.07) is 14.8. The monoisotopic (exact) mass is 399 g/mol. The number of rotatable bonds is 5. The van der Waals surface area contributed by atoms with Crippen molar-refractivity contribution in [1.29, 1.82) is 0 Å². The SMILES string of the molecule is COC(=O)C(C)(C)[C@H]1CC[C@@H](c2cccc(F)c2)N1C(=O)OCc1ccccc1. The third-order valence-electron chi connectivity index (χ3n) is 5.58. The molecule has 1 aliphatic heterocycles. The van der Waals surface area contributed by atoms with E-state index in [1.54, 1.807) is 30.9 Å². The molecule has 2 aromatic carbocycles. The van der Waals surface area contributed by atoms with Crippen LogP contribution in [0.15, 0.2) is 54.6 Å². The molecule has 5 nitrogen and oxygen atoms in total. The van der Waals surface area contributed by atoms with Crippen LogP contribution in [0.1, 0.15) is 43.9 Å². The highest BCUT2D eigenvalue weighted by atomic mass is 19.1. The van der Waals surface area contributed by atoms with E-state index in [-0.39, 0.29) is 18.5 Å². The Hall–Kier alpha value is -2.89. The molecule has 1 aliphatic rings. The standard InChI is InChI=1S/C23H26FNO4/c1-23(2,21(26)28-3)20-13-12-19(17-10-7-11-18(24)14-17)25(20)22(27)29-15-16-8-5-4-6-9-16/h4-11,14,19-20H,12-13,15H2,1-3H3/t19-,20+/m0/s1. The van der Waals surface area contributed by atoms with Gasteiger partial charge in [-0.2, -0.15) is 0 Å². The number of esters is 1. The van der Waals surface area contributed by atoms with Crippen molar-refractivity contribution in [3.63, 3.8) is 0 Å². The first kappa shape index (κ1) is 20.8. The third-order valence-corrected chi connectivity index (χ3v) is 5.58. The smallest absolute Gasteiger partial charge is 0.410 e. The Morgan fingerprint density at radius 3 is 2.48 bits per heavy atom. The van der Waals surface area contributed by atoms with Gasteiger partial charge in [0.25, 0.3) is 0 Å². The van der Waals surface area contributed by atoms with Crippen LogP contribution in [0.3, 0.4) is 0 Å². The van der Waals surface area contributed by atoms with E-state index in [0.717, 1.165) is 5.56 Å². The van der Waals surface area contributed by atoms with Crippen molar-refractivity contribution in [3.05, 3.63) is 71.5 Å². The molecule has 0 saturated carbocycles. The van der Waals surface area contributed by atoms with Crippen molar-refractivity contribution in [2.45, 2.75) is 45.4 Å². The number of likely N-dealkylation sites (tertiary alicyclic amines) is 1. The van der Waals surface area contributed by atoms with Crippen LogP contribution in [0.25, 0.3) is 0 Å². The largest absolute Gasteiger partial charge is 0.469 e. The van der Waals surface area contributed by atoms with Crippen LogP contribution in [0, 0.1) is 11.2 Å². The number of hydrogen-bond acceptors (Lipinski definition) is 4. The second-order valence-corrected chi connectivity index (χ2v) is 7.82. The number of ether oxygens (including phenoxy) is 2. The molecule has 0 N–H and O–H groups in total. The summed E-state index contributed by atoms with van der Waals surface area (Å²) in [5, 5.41) is 0. The van der Waals surface area contributed by atoms with Gasteiger partial charge in [0.05, 0.1) is 24.6 Å². The number of carbonyl (C=O) groups is 2. The van der Waals surface area contributed by atoms with Gasteiger partial charge in [-0.25, -0.2) is 9.18 Å². The van der Waals surface area contributed by atoms with Crippen molar-refractivity contribution in [3.8, 4) is 0 Å². The molecule has 1 fully saturated rings. The van der Waals surface area contributed by atoms with E-state index in [1.807, 2.05) is 30.3 Å². The van der Waals surface area contributed by atoms with Crippen LogP contribution in [-0.2, 0) is 20.9 Å². The molecule has 0 aromatic heterocycles. The minimum absolute atomic E-state index is 0.122. The number of nitrogens with zero attached hydrogens (tertiary/aromatic N) is 1. The molecule has 2 aromatic rings. The molecule has 3 rings (SSSR count). The molecule has 0 aliphatic carbocycles. The maximum Gasteiger partial charge on any atom is 0.410 e. The van der Waals surface area contributed by atoms with Crippen LogP contribution in [0.5, 0.6) is 0 Å². The van der Waals surface area contributed by atoms with E-state index >= 15 is 0 Å². The number of hydrogen-bond donors (Lipinski definition) is 0. The number of benzene rings is 2. The summed E-state index contributed by atoms with van der Waals surface area (Å²) < 4.78 is 24.4. The molecule has 1 amide bonds.